The van der Waals surface area contributed by atoms with Crippen molar-refractivity contribution in [1.82, 2.24) is 0 Å². The normalized spacial score (nSPS) is 11.3. The van der Waals surface area contributed by atoms with Gasteiger partial charge in [-0.15, -0.1) is 0 Å². The highest BCUT2D eigenvalue weighted by Crippen LogP contribution is 2.48. The van der Waals surface area contributed by atoms with Gasteiger partial charge in [-0.3, -0.25) is 0 Å². The maximum atomic E-state index is 12.1. The maximum Gasteiger partial charge on any atom is 0.131 e. The molecule has 10 rings (SSSR count). The van der Waals surface area contributed by atoms with Crippen LogP contribution in [0.15, 0.2) is 182 Å². The Kier molecular flexibility index (Phi) is 10.8. The summed E-state index contributed by atoms with van der Waals surface area (Å²) in [5.74, 6) is 1.82. The van der Waals surface area contributed by atoms with Crippen molar-refractivity contribution in [3.8, 4) is 67.5 Å². The minimum atomic E-state index is 0. The number of aromatic hydroxyl groups is 2. The molecule has 0 amide bonds. The van der Waals surface area contributed by atoms with Crippen LogP contribution in [0.2, 0.25) is 0 Å². The van der Waals surface area contributed by atoms with Crippen LogP contribution >= 0.6 is 0 Å². The third kappa shape index (κ3) is 7.24. The molecule has 2 N–H and O–H groups in total. The predicted molar refractivity (Wildman–Crippen MR) is 260 cm³/mol. The van der Waals surface area contributed by atoms with Crippen molar-refractivity contribution in [2.45, 2.75) is 27.7 Å². The van der Waals surface area contributed by atoms with E-state index in [2.05, 4.69) is 135 Å². The quantitative estimate of drug-likeness (QED) is 0.107. The van der Waals surface area contributed by atoms with Gasteiger partial charge in [0.05, 0.1) is 13.2 Å². The van der Waals surface area contributed by atoms with Crippen molar-refractivity contribution in [3.63, 3.8) is 0 Å². The lowest BCUT2D eigenvalue weighted by atomic mass is 9.88. The molecule has 10 aromatic rings. The summed E-state index contributed by atoms with van der Waals surface area (Å²) in [6.45, 7) is 4.95. The number of para-hydroxylation sites is 2. The van der Waals surface area contributed by atoms with Gasteiger partial charge in [0.2, 0.25) is 0 Å². The molecule has 0 atom stereocenters. The zero-order chi connectivity index (χ0) is 41.5. The molecule has 0 saturated carbocycles. The molecular weight excluding hydrogens is 761 g/mol. The van der Waals surface area contributed by atoms with E-state index >= 15 is 0 Å². The van der Waals surface area contributed by atoms with Gasteiger partial charge in [-0.1, -0.05) is 141 Å². The Labute approximate surface area is 362 Å². The molecule has 0 aliphatic carbocycles. The lowest BCUT2D eigenvalue weighted by molar-refractivity contribution is 0.248. The Morgan fingerprint density at radius 1 is 0.355 bits per heavy atom. The van der Waals surface area contributed by atoms with Crippen LogP contribution in [0.1, 0.15) is 25.0 Å². The van der Waals surface area contributed by atoms with Gasteiger partial charge in [-0.25, -0.2) is 0 Å². The van der Waals surface area contributed by atoms with Gasteiger partial charge in [0.1, 0.15) is 23.0 Å². The highest BCUT2D eigenvalue weighted by molar-refractivity contribution is 6.15. The molecule has 0 aliphatic heterocycles. The molecule has 62 heavy (non-hydrogen) atoms. The zero-order valence-corrected chi connectivity index (χ0v) is 34.2. The average molecular weight is 809 g/mol. The molecule has 0 saturated heterocycles. The van der Waals surface area contributed by atoms with E-state index in [1.54, 1.807) is 0 Å². The smallest absolute Gasteiger partial charge is 0.131 e. The van der Waals surface area contributed by atoms with Gasteiger partial charge in [-0.2, -0.15) is 0 Å². The summed E-state index contributed by atoms with van der Waals surface area (Å²) in [6, 6.07) is 61.9. The topological polar surface area (TPSA) is 58.9 Å². The van der Waals surface area contributed by atoms with Crippen LogP contribution in [-0.4, -0.2) is 23.4 Å². The summed E-state index contributed by atoms with van der Waals surface area (Å²) < 4.78 is 12.9. The van der Waals surface area contributed by atoms with Crippen LogP contribution in [0.5, 0.6) is 23.0 Å². The molecule has 304 valence electrons. The second kappa shape index (κ2) is 16.8. The molecule has 4 heteroatoms. The van der Waals surface area contributed by atoms with Gasteiger partial charge in [-0.05, 0) is 117 Å². The van der Waals surface area contributed by atoms with Crippen molar-refractivity contribution in [3.05, 3.63) is 193 Å². The van der Waals surface area contributed by atoms with E-state index in [-0.39, 0.29) is 18.9 Å². The SMILES string of the molecule is C.Cc1cc(-c2ccccc2OCCCOc2ccccc2-c2cc(C)cc(-c3c4ccccc4cc4ccccc34)c2O)c(O)c(-c2c3ccccc3cc3ccccc23)c1. The molecule has 0 aliphatic rings. The summed E-state index contributed by atoms with van der Waals surface area (Å²) in [5, 5.41) is 33.2. The van der Waals surface area contributed by atoms with Gasteiger partial charge in [0.15, 0.2) is 0 Å². The number of aryl methyl sites for hydroxylation is 2. The minimum Gasteiger partial charge on any atom is -0.507 e. The Morgan fingerprint density at radius 3 is 1.03 bits per heavy atom. The first-order chi connectivity index (χ1) is 29.9. The van der Waals surface area contributed by atoms with Crippen LogP contribution in [0.25, 0.3) is 87.6 Å². The van der Waals surface area contributed by atoms with Crippen LogP contribution in [0, 0.1) is 13.8 Å². The first-order valence-electron chi connectivity index (χ1n) is 20.9. The van der Waals surface area contributed by atoms with Crippen molar-refractivity contribution in [2.75, 3.05) is 13.2 Å². The molecule has 0 radical (unpaired) electrons. The van der Waals surface area contributed by atoms with E-state index in [1.165, 1.54) is 0 Å². The van der Waals surface area contributed by atoms with Crippen LogP contribution in [0.4, 0.5) is 0 Å². The maximum absolute atomic E-state index is 12.1. The largest absolute Gasteiger partial charge is 0.507 e. The first-order valence-corrected chi connectivity index (χ1v) is 20.9. The van der Waals surface area contributed by atoms with Crippen molar-refractivity contribution >= 4 is 43.1 Å². The number of rotatable bonds is 10. The highest BCUT2D eigenvalue weighted by atomic mass is 16.5. The fourth-order valence-electron chi connectivity index (χ4n) is 9.01. The van der Waals surface area contributed by atoms with Crippen LogP contribution < -0.4 is 9.47 Å². The Bertz CT molecular complexity index is 2960. The summed E-state index contributed by atoms with van der Waals surface area (Å²) in [6.07, 6.45) is 0.614. The lowest BCUT2D eigenvalue weighted by Gasteiger charge is -2.19. The molecular formula is C58H48O4. The molecule has 0 spiro atoms. The van der Waals surface area contributed by atoms with E-state index in [1.807, 2.05) is 60.7 Å². The van der Waals surface area contributed by atoms with Gasteiger partial charge < -0.3 is 19.7 Å². The number of benzene rings is 10. The molecule has 0 aromatic heterocycles. The number of hydrogen-bond acceptors (Lipinski definition) is 4. The van der Waals surface area contributed by atoms with Crippen LogP contribution in [-0.2, 0) is 0 Å². The Morgan fingerprint density at radius 2 is 0.661 bits per heavy atom. The average Bonchev–Trinajstić information content (AvgIpc) is 3.29. The third-order valence-corrected chi connectivity index (χ3v) is 11.7. The monoisotopic (exact) mass is 808 g/mol. The zero-order valence-electron chi connectivity index (χ0n) is 34.2. The van der Waals surface area contributed by atoms with Crippen molar-refractivity contribution in [2.24, 2.45) is 0 Å². The van der Waals surface area contributed by atoms with Gasteiger partial charge in [0.25, 0.3) is 0 Å². The highest BCUT2D eigenvalue weighted by Gasteiger charge is 2.21. The first kappa shape index (κ1) is 39.9. The second-order valence-electron chi connectivity index (χ2n) is 15.8. The molecule has 10 aromatic carbocycles. The minimum absolute atomic E-state index is 0. The fraction of sp³-hybridized carbons (Fsp3) is 0.103. The number of hydrogen-bond donors (Lipinski definition) is 2. The van der Waals surface area contributed by atoms with E-state index in [9.17, 15) is 10.2 Å². The number of phenols is 2. The summed E-state index contributed by atoms with van der Waals surface area (Å²) >= 11 is 0. The second-order valence-corrected chi connectivity index (χ2v) is 15.8. The lowest BCUT2D eigenvalue weighted by Crippen LogP contribution is -2.06. The van der Waals surface area contributed by atoms with E-state index in [4.69, 9.17) is 9.47 Å². The Balaban J connectivity index is 0.00000490. The Hall–Kier alpha value is -7.56. The summed E-state index contributed by atoms with van der Waals surface area (Å²) in [5.41, 5.74) is 8.80. The van der Waals surface area contributed by atoms with Crippen LogP contribution in [0.3, 0.4) is 0 Å². The number of fused-ring (bicyclic) bond motifs is 4. The standard InChI is InChI=1S/C57H44O4.CH4/c1-36-30-48(56(58)50(32-36)54-42-20-7-3-16-38(42)34-39-17-4-8-21-43(39)54)46-24-11-13-26-52(46)60-28-15-29-61-53-27-14-12-25-47(53)49-31-37(2)33-51(57(49)59)55-44-22-9-5-18-40(44)35-41-19-6-10-23-45(41)55;/h3-14,16-27,30-35,58-59H,15,28-29H2,1-2H3;1H4. The fourth-order valence-corrected chi connectivity index (χ4v) is 9.01. The molecule has 4 nitrogen and oxygen atoms in total. The van der Waals surface area contributed by atoms with E-state index in [0.717, 1.165) is 98.7 Å². The van der Waals surface area contributed by atoms with Gasteiger partial charge in [0, 0.05) is 50.9 Å². The molecule has 0 fully saturated rings. The van der Waals surface area contributed by atoms with E-state index < -0.39 is 0 Å². The molecule has 0 unspecified atom stereocenters. The van der Waals surface area contributed by atoms with Gasteiger partial charge >= 0.3 is 0 Å². The summed E-state index contributed by atoms with van der Waals surface area (Å²) in [7, 11) is 0. The molecule has 0 heterocycles. The van der Waals surface area contributed by atoms with E-state index in [0.29, 0.717) is 31.1 Å². The summed E-state index contributed by atoms with van der Waals surface area (Å²) in [4.78, 5) is 0. The number of phenolic OH excluding ortho intramolecular Hbond substituents is 2. The predicted octanol–water partition coefficient (Wildman–Crippen LogP) is 15.5. The number of ether oxygens (including phenoxy) is 2. The molecule has 0 bridgehead atoms. The third-order valence-electron chi connectivity index (χ3n) is 11.7. The van der Waals surface area contributed by atoms with Crippen molar-refractivity contribution in [1.29, 1.82) is 0 Å². The van der Waals surface area contributed by atoms with Crippen molar-refractivity contribution < 1.29 is 19.7 Å².